The first-order valence-corrected chi connectivity index (χ1v) is 30.7. The third-order valence-electron chi connectivity index (χ3n) is 14.1. The zero-order valence-electron chi connectivity index (χ0n) is 47.3. The van der Waals surface area contributed by atoms with E-state index in [0.717, 1.165) is 27.0 Å². The Morgan fingerprint density at radius 1 is 0.762 bits per heavy atom. The highest BCUT2D eigenvalue weighted by atomic mass is 32.2. The molecule has 444 valence electrons. The molecule has 5 amide bonds. The number of aryl methyl sites for hydroxylation is 2. The number of fused-ring (bicyclic) bond motifs is 2. The standard InChI is InChI=1S/C53H80BF2N9O13S2/c1-60(30-15-9-12-24-51(69)78-63-49(67)27-28-50(63)68)31-29-57-52(70)43(23-13-16-32-64(2,3)4)59-53(71)44(38-80(75,76)77)58-48(66)26-25-42-35-40(21-14-17-34-79(72,73)74)46-37-47-41(22-18-33-65(5,6)7)36-45(39-19-10-8-11-20-39)62(47)54(55,56)61(42)46/h8,10-11,19-20,35-37,43-44H,9,12-18,21-34,38H2,1-7H3,(H3-2,57,58,59,66,70,71,72,73,74,75,76,77)/p+3. The molecule has 4 heterocycles. The van der Waals surface area contributed by atoms with Crippen LogP contribution in [-0.4, -0.2) is 203 Å². The number of nitrogens with one attached hydrogen (secondary N) is 4. The van der Waals surface area contributed by atoms with E-state index >= 15 is 8.63 Å². The average Bonchev–Trinajstić information content (AvgIpc) is 3.90. The molecule has 0 saturated carbocycles. The molecular weight excluding hydrogens is 1080 g/mol. The van der Waals surface area contributed by atoms with Gasteiger partial charge in [0.1, 0.15) is 17.8 Å². The fraction of sp³-hybridized carbons (Fsp3) is 0.604. The number of allylic oxidation sites excluding steroid dienone is 2. The molecule has 0 spiro atoms. The number of unbranched alkanes of at least 4 members (excludes halogenated alkanes) is 4. The van der Waals surface area contributed by atoms with Gasteiger partial charge in [-0.25, -0.2) is 4.79 Å². The van der Waals surface area contributed by atoms with E-state index in [-0.39, 0.29) is 75.0 Å². The lowest BCUT2D eigenvalue weighted by molar-refractivity contribution is -0.878. The largest absolute Gasteiger partial charge is 0.737 e. The number of halogens is 2. The van der Waals surface area contributed by atoms with Crippen molar-refractivity contribution in [1.29, 1.82) is 0 Å². The van der Waals surface area contributed by atoms with Crippen molar-refractivity contribution in [1.82, 2.24) is 25.5 Å². The molecule has 5 rings (SSSR count). The van der Waals surface area contributed by atoms with Crippen LogP contribution in [0.15, 0.2) is 53.7 Å². The lowest BCUT2D eigenvalue weighted by Gasteiger charge is -2.32. The first kappa shape index (κ1) is 65.1. The normalized spacial score (nSPS) is 16.6. The molecule has 0 bridgehead atoms. The summed E-state index contributed by atoms with van der Waals surface area (Å²) in [4.78, 5) is 83.1. The van der Waals surface area contributed by atoms with Crippen LogP contribution in [-0.2, 0) is 66.7 Å². The zero-order chi connectivity index (χ0) is 59.2. The number of hydrogen-bond donors (Lipinski definition) is 6. The Labute approximate surface area is 469 Å². The Morgan fingerprint density at radius 2 is 1.43 bits per heavy atom. The number of hydroxylamine groups is 2. The van der Waals surface area contributed by atoms with E-state index < -0.39 is 92.7 Å². The summed E-state index contributed by atoms with van der Waals surface area (Å²) in [5.41, 5.74) is 2.54. The maximum absolute atomic E-state index is 17.7. The van der Waals surface area contributed by atoms with Gasteiger partial charge in [-0.15, -0.1) is 5.06 Å². The van der Waals surface area contributed by atoms with Gasteiger partial charge in [0.15, 0.2) is 11.4 Å². The summed E-state index contributed by atoms with van der Waals surface area (Å²) in [5.74, 6) is -6.10. The maximum atomic E-state index is 17.7. The van der Waals surface area contributed by atoms with Gasteiger partial charge in [0.05, 0.1) is 87.8 Å². The van der Waals surface area contributed by atoms with Crippen LogP contribution in [0.5, 0.6) is 0 Å². The van der Waals surface area contributed by atoms with Crippen LogP contribution in [0.2, 0.25) is 0 Å². The number of hydrogen-bond acceptors (Lipinski definition) is 11. The van der Waals surface area contributed by atoms with Crippen LogP contribution < -0.4 is 20.9 Å². The molecule has 1 aromatic heterocycles. The van der Waals surface area contributed by atoms with E-state index in [4.69, 9.17) is 4.84 Å². The number of amides is 5. The number of quaternary nitrogens is 3. The van der Waals surface area contributed by atoms with Gasteiger partial charge in [-0.3, -0.25) is 33.1 Å². The van der Waals surface area contributed by atoms with Crippen LogP contribution in [0, 0.1) is 0 Å². The molecule has 1 saturated heterocycles. The second-order valence-electron chi connectivity index (χ2n) is 23.2. The van der Waals surface area contributed by atoms with Crippen LogP contribution in [0.3, 0.4) is 0 Å². The summed E-state index contributed by atoms with van der Waals surface area (Å²) in [6.07, 6.45) is 7.42. The smallest absolute Gasteiger partial charge is 0.394 e. The molecule has 0 radical (unpaired) electrons. The SMILES string of the molecule is C[NH+](CCCCCC(=O)ON1C(=O)CCC1=O)CCNC(=O)C(CCCC[N+](C)(C)C)NC(=O)C(CS(=O)(=O)O)NC(=O)CCc1cc(CCCCS(=O)(=O)O)c2n1[B-](F)(F)[N+]1=C(c3ccccc3)C=C(CCC[N+](C)(C)C)C1=C2. The molecule has 0 aliphatic carbocycles. The van der Waals surface area contributed by atoms with Crippen molar-refractivity contribution in [3.05, 3.63) is 76.3 Å². The Hall–Kier alpha value is -5.71. The Kier molecular flexibility index (Phi) is 23.1. The first-order valence-electron chi connectivity index (χ1n) is 27.5. The molecule has 3 atom stereocenters. The van der Waals surface area contributed by atoms with E-state index in [1.54, 1.807) is 42.5 Å². The quantitative estimate of drug-likeness (QED) is 0.0192. The number of rotatable bonds is 34. The van der Waals surface area contributed by atoms with E-state index in [1.807, 2.05) is 49.3 Å². The lowest BCUT2D eigenvalue weighted by atomic mass is 9.88. The fourth-order valence-electron chi connectivity index (χ4n) is 9.99. The second-order valence-corrected chi connectivity index (χ2v) is 26.3. The Bertz CT molecular complexity index is 2890. The number of likely N-dealkylation sites (N-methyl/N-ethyl adjacent to an activating group) is 1. The molecule has 1 aromatic carbocycles. The molecule has 3 aliphatic heterocycles. The highest BCUT2D eigenvalue weighted by Crippen LogP contribution is 2.40. The van der Waals surface area contributed by atoms with E-state index in [0.29, 0.717) is 94.5 Å². The van der Waals surface area contributed by atoms with Crippen molar-refractivity contribution in [2.45, 2.75) is 115 Å². The third kappa shape index (κ3) is 20.4. The molecule has 6 N–H and O–H groups in total. The number of carbonyl (C=O) groups excluding carboxylic acids is 6. The molecule has 27 heteroatoms. The van der Waals surface area contributed by atoms with Crippen molar-refractivity contribution in [3.8, 4) is 0 Å². The van der Waals surface area contributed by atoms with Gasteiger partial charge in [-0.05, 0) is 100 Å². The van der Waals surface area contributed by atoms with Crippen LogP contribution in [0.4, 0.5) is 8.63 Å². The minimum absolute atomic E-state index is 0.00591. The van der Waals surface area contributed by atoms with Crippen LogP contribution in [0.1, 0.15) is 112 Å². The van der Waals surface area contributed by atoms with Crippen molar-refractivity contribution in [3.63, 3.8) is 0 Å². The van der Waals surface area contributed by atoms with E-state index in [1.165, 1.54) is 6.07 Å². The van der Waals surface area contributed by atoms with Gasteiger partial charge in [-0.2, -0.15) is 16.8 Å². The predicted molar refractivity (Wildman–Crippen MR) is 297 cm³/mol. The Morgan fingerprint density at radius 3 is 2.06 bits per heavy atom. The lowest BCUT2D eigenvalue weighted by Crippen LogP contribution is -3.09. The van der Waals surface area contributed by atoms with Crippen molar-refractivity contribution in [2.75, 3.05) is 93.6 Å². The summed E-state index contributed by atoms with van der Waals surface area (Å²) < 4.78 is 106. The summed E-state index contributed by atoms with van der Waals surface area (Å²) in [5, 5.41) is 8.30. The number of nitrogens with zero attached hydrogens (tertiary/aromatic N) is 5. The Balaban J connectivity index is 1.29. The first-order chi connectivity index (χ1) is 37.3. The van der Waals surface area contributed by atoms with Gasteiger partial charge in [0.25, 0.3) is 32.1 Å². The number of benzene rings is 1. The highest BCUT2D eigenvalue weighted by molar-refractivity contribution is 7.86. The minimum atomic E-state index is -4.93. The van der Waals surface area contributed by atoms with Gasteiger partial charge in [0, 0.05) is 61.1 Å². The average molecular weight is 1170 g/mol. The molecule has 1 fully saturated rings. The van der Waals surface area contributed by atoms with E-state index in [9.17, 15) is 54.7 Å². The van der Waals surface area contributed by atoms with Crippen molar-refractivity contribution in [2.24, 2.45) is 0 Å². The maximum Gasteiger partial charge on any atom is 0.737 e. The fourth-order valence-corrected chi connectivity index (χ4v) is 11.2. The minimum Gasteiger partial charge on any atom is -0.394 e. The van der Waals surface area contributed by atoms with Gasteiger partial charge >= 0.3 is 12.9 Å². The van der Waals surface area contributed by atoms with E-state index in [2.05, 4.69) is 16.0 Å². The molecule has 2 aromatic rings. The highest BCUT2D eigenvalue weighted by Gasteiger charge is 2.54. The number of imide groups is 1. The monoisotopic (exact) mass is 1170 g/mol. The summed E-state index contributed by atoms with van der Waals surface area (Å²) in [6, 6.07) is 7.25. The van der Waals surface area contributed by atoms with Crippen molar-refractivity contribution < 1.29 is 86.5 Å². The van der Waals surface area contributed by atoms with Crippen molar-refractivity contribution >= 4 is 74.5 Å². The van der Waals surface area contributed by atoms with Crippen LogP contribution >= 0.6 is 0 Å². The molecule has 3 unspecified atom stereocenters. The summed E-state index contributed by atoms with van der Waals surface area (Å²) in [6.45, 7) is -1.81. The zero-order valence-corrected chi connectivity index (χ0v) is 48.9. The second kappa shape index (κ2) is 28.3. The molecular formula is C53H83BF2N9O13S2+3. The molecule has 80 heavy (non-hydrogen) atoms. The summed E-state index contributed by atoms with van der Waals surface area (Å²) >= 11 is 0. The van der Waals surface area contributed by atoms with Gasteiger partial charge in [0.2, 0.25) is 17.7 Å². The molecule has 3 aliphatic rings. The molecule has 22 nitrogen and oxygen atoms in total. The summed E-state index contributed by atoms with van der Waals surface area (Å²) in [7, 11) is 4.84. The van der Waals surface area contributed by atoms with Gasteiger partial charge < -0.3 is 52.2 Å². The van der Waals surface area contributed by atoms with Gasteiger partial charge in [-0.1, -0.05) is 18.2 Å². The topological polar surface area (TPSA) is 272 Å². The number of aromatic nitrogens is 1. The third-order valence-corrected chi connectivity index (χ3v) is 15.7. The number of carbonyl (C=O) groups is 6. The van der Waals surface area contributed by atoms with Crippen LogP contribution in [0.25, 0.3) is 6.08 Å². The predicted octanol–water partition coefficient (Wildman–Crippen LogP) is 1.67.